The standard InChI is InChI=1S/C11H16N2O/c1-7(2)11(9(4)14)8(3)10-5-6-12-13-10/h5-7H,1-4H3,(H,12,13). The molecule has 14 heavy (non-hydrogen) atoms. The van der Waals surface area contributed by atoms with E-state index >= 15 is 0 Å². The Morgan fingerprint density at radius 3 is 2.43 bits per heavy atom. The zero-order chi connectivity index (χ0) is 10.7. The molecule has 1 N–H and O–H groups in total. The number of hydrogen-bond acceptors (Lipinski definition) is 2. The highest BCUT2D eigenvalue weighted by molar-refractivity contribution is 6.00. The summed E-state index contributed by atoms with van der Waals surface area (Å²) in [5.41, 5.74) is 2.78. The predicted molar refractivity (Wildman–Crippen MR) is 56.7 cm³/mol. The monoisotopic (exact) mass is 192 g/mol. The van der Waals surface area contributed by atoms with Crippen molar-refractivity contribution in [1.82, 2.24) is 10.2 Å². The minimum absolute atomic E-state index is 0.132. The average molecular weight is 192 g/mol. The number of Topliss-reactive ketones (excluding diaryl/α,β-unsaturated/α-hetero) is 1. The van der Waals surface area contributed by atoms with Crippen molar-refractivity contribution in [2.75, 3.05) is 0 Å². The number of H-pyrrole nitrogens is 1. The molecule has 0 amide bonds. The Morgan fingerprint density at radius 2 is 2.07 bits per heavy atom. The highest BCUT2D eigenvalue weighted by Crippen LogP contribution is 2.22. The average Bonchev–Trinajstić information content (AvgIpc) is 2.53. The molecule has 3 nitrogen and oxygen atoms in total. The molecule has 1 aromatic rings. The molecule has 0 bridgehead atoms. The Kier molecular flexibility index (Phi) is 3.23. The molecule has 1 aromatic heterocycles. The van der Waals surface area contributed by atoms with E-state index in [1.807, 2.05) is 26.8 Å². The normalized spacial score (nSPS) is 12.9. The maximum atomic E-state index is 11.4. The van der Waals surface area contributed by atoms with Gasteiger partial charge in [-0.25, -0.2) is 0 Å². The van der Waals surface area contributed by atoms with Gasteiger partial charge < -0.3 is 0 Å². The molecule has 0 spiro atoms. The van der Waals surface area contributed by atoms with Gasteiger partial charge in [-0.2, -0.15) is 5.10 Å². The smallest absolute Gasteiger partial charge is 0.156 e. The van der Waals surface area contributed by atoms with Crippen LogP contribution in [0, 0.1) is 5.92 Å². The molecule has 1 heterocycles. The number of nitrogens with one attached hydrogen (secondary N) is 1. The third kappa shape index (κ3) is 2.10. The van der Waals surface area contributed by atoms with E-state index in [0.29, 0.717) is 0 Å². The molecule has 3 heteroatoms. The highest BCUT2D eigenvalue weighted by atomic mass is 16.1. The lowest BCUT2D eigenvalue weighted by Crippen LogP contribution is -2.06. The van der Waals surface area contributed by atoms with E-state index in [1.54, 1.807) is 13.1 Å². The van der Waals surface area contributed by atoms with Crippen molar-refractivity contribution in [3.05, 3.63) is 23.5 Å². The van der Waals surface area contributed by atoms with Gasteiger partial charge >= 0.3 is 0 Å². The van der Waals surface area contributed by atoms with Gasteiger partial charge in [0.15, 0.2) is 5.78 Å². The van der Waals surface area contributed by atoms with Gasteiger partial charge in [-0.15, -0.1) is 0 Å². The number of aromatic nitrogens is 2. The van der Waals surface area contributed by atoms with Crippen molar-refractivity contribution in [3.8, 4) is 0 Å². The van der Waals surface area contributed by atoms with Crippen molar-refractivity contribution in [2.24, 2.45) is 5.92 Å². The SMILES string of the molecule is CC(=O)C(=C(C)c1ccn[nH]1)C(C)C. The molecule has 0 saturated heterocycles. The molecule has 0 atom stereocenters. The summed E-state index contributed by atoms with van der Waals surface area (Å²) in [5, 5.41) is 6.74. The second-order valence-electron chi connectivity index (χ2n) is 3.72. The van der Waals surface area contributed by atoms with E-state index in [2.05, 4.69) is 10.2 Å². The van der Waals surface area contributed by atoms with E-state index in [4.69, 9.17) is 0 Å². The summed E-state index contributed by atoms with van der Waals surface area (Å²) < 4.78 is 0. The van der Waals surface area contributed by atoms with E-state index in [0.717, 1.165) is 16.8 Å². The largest absolute Gasteiger partial charge is 0.295 e. The highest BCUT2D eigenvalue weighted by Gasteiger charge is 2.13. The number of nitrogens with zero attached hydrogens (tertiary/aromatic N) is 1. The molecular formula is C11H16N2O. The van der Waals surface area contributed by atoms with E-state index in [9.17, 15) is 4.79 Å². The Balaban J connectivity index is 3.18. The molecule has 0 fully saturated rings. The molecule has 76 valence electrons. The summed E-state index contributed by atoms with van der Waals surface area (Å²) in [6.45, 7) is 7.60. The first-order valence-corrected chi connectivity index (χ1v) is 4.75. The van der Waals surface area contributed by atoms with Crippen LogP contribution in [0.3, 0.4) is 0 Å². The van der Waals surface area contributed by atoms with Crippen molar-refractivity contribution in [2.45, 2.75) is 27.7 Å². The predicted octanol–water partition coefficient (Wildman–Crippen LogP) is 2.43. The molecular weight excluding hydrogens is 176 g/mol. The first kappa shape index (κ1) is 10.7. The van der Waals surface area contributed by atoms with Crippen LogP contribution >= 0.6 is 0 Å². The lowest BCUT2D eigenvalue weighted by atomic mass is 9.93. The summed E-state index contributed by atoms with van der Waals surface area (Å²) in [4.78, 5) is 11.4. The molecule has 0 aliphatic rings. The third-order valence-corrected chi connectivity index (χ3v) is 2.27. The first-order valence-electron chi connectivity index (χ1n) is 4.75. The van der Waals surface area contributed by atoms with Crippen LogP contribution in [0.1, 0.15) is 33.4 Å². The fourth-order valence-corrected chi connectivity index (χ4v) is 1.71. The van der Waals surface area contributed by atoms with E-state index in [-0.39, 0.29) is 11.7 Å². The van der Waals surface area contributed by atoms with Crippen LogP contribution in [0.15, 0.2) is 17.8 Å². The van der Waals surface area contributed by atoms with Crippen LogP contribution in [-0.2, 0) is 4.79 Å². The number of aromatic amines is 1. The van der Waals surface area contributed by atoms with E-state index < -0.39 is 0 Å². The first-order chi connectivity index (χ1) is 6.54. The van der Waals surface area contributed by atoms with Gasteiger partial charge in [0.25, 0.3) is 0 Å². The topological polar surface area (TPSA) is 45.8 Å². The third-order valence-electron chi connectivity index (χ3n) is 2.27. The van der Waals surface area contributed by atoms with Crippen LogP contribution in [0.25, 0.3) is 5.57 Å². The molecule has 0 aliphatic heterocycles. The van der Waals surface area contributed by atoms with Gasteiger partial charge in [0.1, 0.15) is 0 Å². The van der Waals surface area contributed by atoms with Crippen LogP contribution in [0.2, 0.25) is 0 Å². The summed E-state index contributed by atoms with van der Waals surface area (Å²) >= 11 is 0. The zero-order valence-electron chi connectivity index (χ0n) is 9.09. The Hall–Kier alpha value is -1.38. The maximum Gasteiger partial charge on any atom is 0.156 e. The molecule has 0 radical (unpaired) electrons. The van der Waals surface area contributed by atoms with Gasteiger partial charge in [0.2, 0.25) is 0 Å². The fraction of sp³-hybridized carbons (Fsp3) is 0.455. The number of rotatable bonds is 3. The summed E-state index contributed by atoms with van der Waals surface area (Å²) in [7, 11) is 0. The summed E-state index contributed by atoms with van der Waals surface area (Å²) in [6, 6.07) is 1.88. The quantitative estimate of drug-likeness (QED) is 0.747. The van der Waals surface area contributed by atoms with Crippen LogP contribution in [0.5, 0.6) is 0 Å². The number of hydrogen-bond donors (Lipinski definition) is 1. The number of ketones is 1. The van der Waals surface area contributed by atoms with Crippen molar-refractivity contribution in [1.29, 1.82) is 0 Å². The van der Waals surface area contributed by atoms with Crippen molar-refractivity contribution < 1.29 is 4.79 Å². The number of carbonyl (C=O) groups excluding carboxylic acids is 1. The minimum Gasteiger partial charge on any atom is -0.295 e. The van der Waals surface area contributed by atoms with Gasteiger partial charge in [-0.05, 0) is 31.4 Å². The molecule has 0 unspecified atom stereocenters. The lowest BCUT2D eigenvalue weighted by molar-refractivity contribution is -0.113. The second kappa shape index (κ2) is 4.22. The molecule has 0 saturated carbocycles. The maximum absolute atomic E-state index is 11.4. The fourth-order valence-electron chi connectivity index (χ4n) is 1.71. The Labute approximate surface area is 84.2 Å². The minimum atomic E-state index is 0.132. The van der Waals surface area contributed by atoms with Gasteiger partial charge in [0.05, 0.1) is 5.69 Å². The lowest BCUT2D eigenvalue weighted by Gasteiger charge is -2.11. The van der Waals surface area contributed by atoms with E-state index in [1.165, 1.54) is 0 Å². The molecule has 0 aromatic carbocycles. The van der Waals surface area contributed by atoms with Gasteiger partial charge in [-0.1, -0.05) is 13.8 Å². The summed E-state index contributed by atoms with van der Waals surface area (Å²) in [5.74, 6) is 0.378. The molecule has 1 rings (SSSR count). The van der Waals surface area contributed by atoms with Crippen LogP contribution in [-0.4, -0.2) is 16.0 Å². The molecule has 0 aliphatic carbocycles. The van der Waals surface area contributed by atoms with Crippen molar-refractivity contribution >= 4 is 11.4 Å². The number of allylic oxidation sites excluding steroid dienone is 2. The zero-order valence-corrected chi connectivity index (χ0v) is 9.09. The number of carbonyl (C=O) groups is 1. The Morgan fingerprint density at radius 1 is 1.43 bits per heavy atom. The van der Waals surface area contributed by atoms with Gasteiger partial charge in [0, 0.05) is 11.8 Å². The Bertz CT molecular complexity index is 347. The second-order valence-corrected chi connectivity index (χ2v) is 3.72. The summed E-state index contributed by atoms with van der Waals surface area (Å²) in [6.07, 6.45) is 1.69. The van der Waals surface area contributed by atoms with Gasteiger partial charge in [-0.3, -0.25) is 9.89 Å². The van der Waals surface area contributed by atoms with Crippen LogP contribution in [0.4, 0.5) is 0 Å². The van der Waals surface area contributed by atoms with Crippen LogP contribution < -0.4 is 0 Å². The van der Waals surface area contributed by atoms with Crippen molar-refractivity contribution in [3.63, 3.8) is 0 Å².